The second-order valence-corrected chi connectivity index (χ2v) is 4.90. The van der Waals surface area contributed by atoms with Crippen molar-refractivity contribution in [2.45, 2.75) is 20.8 Å². The van der Waals surface area contributed by atoms with Crippen LogP contribution in [0.3, 0.4) is 0 Å². The molecule has 0 spiro atoms. The Morgan fingerprint density at radius 1 is 0.955 bits per heavy atom. The summed E-state index contributed by atoms with van der Waals surface area (Å²) in [6.45, 7) is 9.83. The maximum absolute atomic E-state index is 12.4. The highest BCUT2D eigenvalue weighted by Gasteiger charge is 2.14. The summed E-state index contributed by atoms with van der Waals surface area (Å²) in [5.41, 5.74) is 4.19. The maximum atomic E-state index is 12.4. The van der Waals surface area contributed by atoms with Crippen LogP contribution in [0.4, 0.5) is 0 Å². The third kappa shape index (κ3) is 2.86. The van der Waals surface area contributed by atoms with E-state index in [9.17, 15) is 4.79 Å². The van der Waals surface area contributed by atoms with Crippen molar-refractivity contribution in [2.24, 2.45) is 0 Å². The summed E-state index contributed by atoms with van der Waals surface area (Å²) in [4.78, 5) is 15.3. The van der Waals surface area contributed by atoms with Crippen molar-refractivity contribution in [1.29, 1.82) is 0 Å². The van der Waals surface area contributed by atoms with Crippen LogP contribution in [0.1, 0.15) is 26.3 Å². The Bertz CT molecular complexity index is 844. The Labute approximate surface area is 131 Å². The number of benzene rings is 2. The van der Waals surface area contributed by atoms with Gasteiger partial charge in [-0.2, -0.15) is 0 Å². The molecule has 1 aromatic heterocycles. The normalized spacial score (nSPS) is 9.95. The first-order valence-electron chi connectivity index (χ1n) is 7.55. The number of allylic oxidation sites excluding steroid dienone is 1. The molecule has 0 unspecified atom stereocenters. The number of hydrogen-bond acceptors (Lipinski definition) is 1. The first kappa shape index (κ1) is 15.8. The Hall–Kier alpha value is -2.61. The van der Waals surface area contributed by atoms with E-state index in [0.717, 1.165) is 27.6 Å². The number of pyridine rings is 1. The number of nitrogens with one attached hydrogen (secondary N) is 1. The first-order chi connectivity index (χ1) is 10.7. The van der Waals surface area contributed by atoms with Gasteiger partial charge < -0.3 is 4.98 Å². The van der Waals surface area contributed by atoms with Gasteiger partial charge in [0.05, 0.1) is 5.56 Å². The molecular formula is C20H21NO. The molecule has 2 nitrogen and oxygen atoms in total. The van der Waals surface area contributed by atoms with Crippen molar-refractivity contribution in [3.8, 4) is 11.1 Å². The van der Waals surface area contributed by atoms with Crippen LogP contribution in [0.25, 0.3) is 27.6 Å². The van der Waals surface area contributed by atoms with Gasteiger partial charge in [-0.1, -0.05) is 69.0 Å². The topological polar surface area (TPSA) is 32.9 Å². The third-order valence-electron chi connectivity index (χ3n) is 3.41. The molecule has 0 aliphatic heterocycles. The van der Waals surface area contributed by atoms with Crippen molar-refractivity contribution in [3.05, 3.63) is 77.1 Å². The van der Waals surface area contributed by atoms with Crippen LogP contribution >= 0.6 is 0 Å². The average Bonchev–Trinajstić information content (AvgIpc) is 2.56. The zero-order valence-corrected chi connectivity index (χ0v) is 13.3. The molecule has 0 aliphatic carbocycles. The lowest BCUT2D eigenvalue weighted by Crippen LogP contribution is -2.13. The van der Waals surface area contributed by atoms with E-state index >= 15 is 0 Å². The molecule has 0 saturated heterocycles. The molecule has 22 heavy (non-hydrogen) atoms. The van der Waals surface area contributed by atoms with E-state index in [2.05, 4.69) is 11.6 Å². The van der Waals surface area contributed by atoms with E-state index in [1.807, 2.05) is 75.4 Å². The molecule has 0 fully saturated rings. The van der Waals surface area contributed by atoms with Gasteiger partial charge >= 0.3 is 0 Å². The number of para-hydroxylation sites is 1. The van der Waals surface area contributed by atoms with Crippen molar-refractivity contribution < 1.29 is 0 Å². The van der Waals surface area contributed by atoms with Crippen LogP contribution in [-0.2, 0) is 0 Å². The number of fused-ring (bicyclic) bond motifs is 1. The van der Waals surface area contributed by atoms with E-state index in [0.29, 0.717) is 5.56 Å². The van der Waals surface area contributed by atoms with E-state index < -0.39 is 0 Å². The van der Waals surface area contributed by atoms with Crippen molar-refractivity contribution in [3.63, 3.8) is 0 Å². The standard InChI is InChI=1S/C18H15NO.C2H6/c1-12(2)16-17(13-8-4-3-5-9-13)14-10-6-7-11-15(14)19-18(16)20;1-2/h3-11H,1H2,2H3,(H,19,20);1-2H3. The molecule has 112 valence electrons. The monoisotopic (exact) mass is 291 g/mol. The summed E-state index contributed by atoms with van der Waals surface area (Å²) in [7, 11) is 0. The molecule has 0 atom stereocenters. The molecule has 1 heterocycles. The summed E-state index contributed by atoms with van der Waals surface area (Å²) >= 11 is 0. The van der Waals surface area contributed by atoms with E-state index in [4.69, 9.17) is 0 Å². The summed E-state index contributed by atoms with van der Waals surface area (Å²) in [5, 5.41) is 1.04. The largest absolute Gasteiger partial charge is 0.321 e. The SMILES string of the molecule is C=C(C)c1c(-c2ccccc2)c2ccccc2[nH]c1=O.CC. The zero-order valence-electron chi connectivity index (χ0n) is 13.3. The third-order valence-corrected chi connectivity index (χ3v) is 3.41. The summed E-state index contributed by atoms with van der Waals surface area (Å²) < 4.78 is 0. The zero-order chi connectivity index (χ0) is 16.1. The molecule has 2 aromatic carbocycles. The smallest absolute Gasteiger partial charge is 0.256 e. The molecule has 2 heteroatoms. The van der Waals surface area contributed by atoms with E-state index in [1.54, 1.807) is 0 Å². The maximum Gasteiger partial charge on any atom is 0.256 e. The van der Waals surface area contributed by atoms with Crippen molar-refractivity contribution in [2.75, 3.05) is 0 Å². The van der Waals surface area contributed by atoms with E-state index in [1.165, 1.54) is 0 Å². The Morgan fingerprint density at radius 3 is 2.18 bits per heavy atom. The number of aromatic amines is 1. The van der Waals surface area contributed by atoms with Crippen LogP contribution in [-0.4, -0.2) is 4.98 Å². The van der Waals surface area contributed by atoms with Crippen LogP contribution in [0, 0.1) is 0 Å². The molecule has 1 N–H and O–H groups in total. The fourth-order valence-electron chi connectivity index (χ4n) is 2.55. The minimum absolute atomic E-state index is 0.0879. The molecule has 0 aliphatic rings. The fraction of sp³-hybridized carbons (Fsp3) is 0.150. The Balaban J connectivity index is 0.000000847. The van der Waals surface area contributed by atoms with Gasteiger partial charge in [0.15, 0.2) is 0 Å². The Kier molecular flexibility index (Phi) is 4.95. The van der Waals surface area contributed by atoms with Crippen molar-refractivity contribution in [1.82, 2.24) is 4.98 Å². The van der Waals surface area contributed by atoms with Gasteiger partial charge in [0.25, 0.3) is 5.56 Å². The second kappa shape index (κ2) is 6.90. The van der Waals surface area contributed by atoms with Crippen LogP contribution in [0.2, 0.25) is 0 Å². The van der Waals surface area contributed by atoms with E-state index in [-0.39, 0.29) is 5.56 Å². The van der Waals surface area contributed by atoms with Crippen LogP contribution in [0.15, 0.2) is 66.0 Å². The quantitative estimate of drug-likeness (QED) is 0.687. The van der Waals surface area contributed by atoms with Crippen molar-refractivity contribution >= 4 is 16.5 Å². The summed E-state index contributed by atoms with van der Waals surface area (Å²) in [6.07, 6.45) is 0. The lowest BCUT2D eigenvalue weighted by molar-refractivity contribution is 1.28. The average molecular weight is 291 g/mol. The Morgan fingerprint density at radius 2 is 1.55 bits per heavy atom. The van der Waals surface area contributed by atoms with Gasteiger partial charge in [0, 0.05) is 16.5 Å². The molecule has 3 rings (SSSR count). The minimum atomic E-state index is -0.0879. The predicted molar refractivity (Wildman–Crippen MR) is 96.1 cm³/mol. The minimum Gasteiger partial charge on any atom is -0.321 e. The summed E-state index contributed by atoms with van der Waals surface area (Å²) in [6, 6.07) is 17.8. The van der Waals surface area contributed by atoms with Crippen LogP contribution < -0.4 is 5.56 Å². The van der Waals surface area contributed by atoms with Gasteiger partial charge in [-0.3, -0.25) is 4.79 Å². The molecule has 0 radical (unpaired) electrons. The predicted octanol–water partition coefficient (Wildman–Crippen LogP) is 5.25. The molecule has 3 aromatic rings. The lowest BCUT2D eigenvalue weighted by atomic mass is 9.93. The van der Waals surface area contributed by atoms with Gasteiger partial charge in [0.2, 0.25) is 0 Å². The first-order valence-corrected chi connectivity index (χ1v) is 7.55. The van der Waals surface area contributed by atoms with Gasteiger partial charge in [-0.05, 0) is 24.1 Å². The summed E-state index contributed by atoms with van der Waals surface area (Å²) in [5.74, 6) is 0. The number of aromatic nitrogens is 1. The highest BCUT2D eigenvalue weighted by atomic mass is 16.1. The highest BCUT2D eigenvalue weighted by molar-refractivity contribution is 5.99. The fourth-order valence-corrected chi connectivity index (χ4v) is 2.55. The second-order valence-electron chi connectivity index (χ2n) is 4.90. The molecule has 0 amide bonds. The highest BCUT2D eigenvalue weighted by Crippen LogP contribution is 2.31. The van der Waals surface area contributed by atoms with Gasteiger partial charge in [-0.25, -0.2) is 0 Å². The molecular weight excluding hydrogens is 270 g/mol. The molecule has 0 bridgehead atoms. The van der Waals surface area contributed by atoms with Gasteiger partial charge in [-0.15, -0.1) is 0 Å². The lowest BCUT2D eigenvalue weighted by Gasteiger charge is -2.12. The van der Waals surface area contributed by atoms with Gasteiger partial charge in [0.1, 0.15) is 0 Å². The molecule has 0 saturated carbocycles. The number of rotatable bonds is 2. The number of hydrogen-bond donors (Lipinski definition) is 1. The number of H-pyrrole nitrogens is 1. The van der Waals surface area contributed by atoms with Crippen LogP contribution in [0.5, 0.6) is 0 Å².